The minimum Gasteiger partial charge on any atom is -0.318 e. The Labute approximate surface area is 147 Å². The molecule has 4 heteroatoms. The van der Waals surface area contributed by atoms with Crippen molar-refractivity contribution in [3.05, 3.63) is 72.3 Å². The van der Waals surface area contributed by atoms with Gasteiger partial charge in [0.2, 0.25) is 0 Å². The zero-order chi connectivity index (χ0) is 17.2. The van der Waals surface area contributed by atoms with Crippen LogP contribution in [0, 0.1) is 0 Å². The summed E-state index contributed by atoms with van der Waals surface area (Å²) < 4.78 is 0. The predicted octanol–water partition coefficient (Wildman–Crippen LogP) is 5.46. The SMILES string of the molecule is C/C=C/CC/C(=N\OC(C)=O)c1ccc(Sc2ccccc2)cc1. The van der Waals surface area contributed by atoms with Crippen molar-refractivity contribution in [2.24, 2.45) is 5.16 Å². The number of oxime groups is 1. The summed E-state index contributed by atoms with van der Waals surface area (Å²) in [6.45, 7) is 3.34. The summed E-state index contributed by atoms with van der Waals surface area (Å²) in [7, 11) is 0. The summed E-state index contributed by atoms with van der Waals surface area (Å²) >= 11 is 1.71. The van der Waals surface area contributed by atoms with Crippen molar-refractivity contribution in [2.75, 3.05) is 0 Å². The first-order valence-corrected chi connectivity index (χ1v) is 8.69. The van der Waals surface area contributed by atoms with E-state index < -0.39 is 5.97 Å². The lowest BCUT2D eigenvalue weighted by Crippen LogP contribution is -2.04. The Morgan fingerprint density at radius 1 is 1.08 bits per heavy atom. The lowest BCUT2D eigenvalue weighted by atomic mass is 10.1. The van der Waals surface area contributed by atoms with Gasteiger partial charge in [-0.3, -0.25) is 0 Å². The van der Waals surface area contributed by atoms with Crippen LogP contribution in [0.3, 0.4) is 0 Å². The van der Waals surface area contributed by atoms with Gasteiger partial charge >= 0.3 is 5.97 Å². The fourth-order valence-electron chi connectivity index (χ4n) is 2.09. The van der Waals surface area contributed by atoms with Gasteiger partial charge in [-0.1, -0.05) is 59.4 Å². The van der Waals surface area contributed by atoms with Crippen LogP contribution < -0.4 is 0 Å². The molecule has 0 amide bonds. The smallest absolute Gasteiger partial charge is 0.318 e. The second-order valence-electron chi connectivity index (χ2n) is 5.17. The molecule has 0 radical (unpaired) electrons. The van der Waals surface area contributed by atoms with Gasteiger partial charge in [0.25, 0.3) is 0 Å². The molecule has 0 atom stereocenters. The fraction of sp³-hybridized carbons (Fsp3) is 0.200. The molecule has 0 N–H and O–H groups in total. The van der Waals surface area contributed by atoms with Crippen molar-refractivity contribution >= 4 is 23.4 Å². The normalized spacial score (nSPS) is 11.7. The van der Waals surface area contributed by atoms with Crippen molar-refractivity contribution in [1.29, 1.82) is 0 Å². The molecule has 0 aliphatic heterocycles. The quantitative estimate of drug-likeness (QED) is 0.291. The molecule has 0 saturated carbocycles. The molecular formula is C20H21NO2S. The van der Waals surface area contributed by atoms with Crippen LogP contribution >= 0.6 is 11.8 Å². The monoisotopic (exact) mass is 339 g/mol. The van der Waals surface area contributed by atoms with Gasteiger partial charge in [-0.2, -0.15) is 0 Å². The van der Waals surface area contributed by atoms with Crippen molar-refractivity contribution in [2.45, 2.75) is 36.5 Å². The van der Waals surface area contributed by atoms with E-state index in [1.54, 1.807) is 11.8 Å². The molecule has 3 nitrogen and oxygen atoms in total. The molecular weight excluding hydrogens is 318 g/mol. The number of nitrogens with zero attached hydrogens (tertiary/aromatic N) is 1. The number of hydrogen-bond acceptors (Lipinski definition) is 4. The molecule has 0 aromatic heterocycles. The van der Waals surface area contributed by atoms with Gasteiger partial charge < -0.3 is 4.84 Å². The van der Waals surface area contributed by atoms with Crippen LogP contribution in [0.2, 0.25) is 0 Å². The van der Waals surface area contributed by atoms with Gasteiger partial charge in [-0.15, -0.1) is 0 Å². The Morgan fingerprint density at radius 2 is 1.75 bits per heavy atom. The van der Waals surface area contributed by atoms with Crippen molar-refractivity contribution < 1.29 is 9.63 Å². The molecule has 24 heavy (non-hydrogen) atoms. The Kier molecular flexibility index (Phi) is 7.30. The van der Waals surface area contributed by atoms with E-state index in [2.05, 4.69) is 35.5 Å². The molecule has 0 unspecified atom stereocenters. The Bertz CT molecular complexity index is 706. The molecule has 0 fully saturated rings. The van der Waals surface area contributed by atoms with E-state index in [1.165, 1.54) is 11.8 Å². The van der Waals surface area contributed by atoms with Crippen LogP contribution in [0.1, 0.15) is 32.3 Å². The number of carbonyl (C=O) groups excluding carboxylic acids is 1. The zero-order valence-corrected chi connectivity index (χ0v) is 14.8. The molecule has 0 bridgehead atoms. The molecule has 2 aromatic rings. The summed E-state index contributed by atoms with van der Waals surface area (Å²) in [6.07, 6.45) is 5.66. The summed E-state index contributed by atoms with van der Waals surface area (Å²) in [5, 5.41) is 4.01. The van der Waals surface area contributed by atoms with E-state index in [0.717, 1.165) is 29.0 Å². The van der Waals surface area contributed by atoms with Crippen LogP contribution in [0.15, 0.2) is 81.7 Å². The van der Waals surface area contributed by atoms with Gasteiger partial charge in [-0.25, -0.2) is 4.79 Å². The summed E-state index contributed by atoms with van der Waals surface area (Å²) in [4.78, 5) is 18.2. The first-order chi connectivity index (χ1) is 11.7. The summed E-state index contributed by atoms with van der Waals surface area (Å²) in [5.74, 6) is -0.408. The second-order valence-corrected chi connectivity index (χ2v) is 6.31. The second kappa shape index (κ2) is 9.73. The van der Waals surface area contributed by atoms with E-state index in [4.69, 9.17) is 4.84 Å². The largest absolute Gasteiger partial charge is 0.331 e. The van der Waals surface area contributed by atoms with E-state index in [0.29, 0.717) is 0 Å². The van der Waals surface area contributed by atoms with Crippen molar-refractivity contribution in [3.63, 3.8) is 0 Å². The van der Waals surface area contributed by atoms with Gasteiger partial charge in [0.05, 0.1) is 5.71 Å². The Balaban J connectivity index is 2.11. The van der Waals surface area contributed by atoms with Crippen LogP contribution in [0.4, 0.5) is 0 Å². The molecule has 2 aromatic carbocycles. The maximum Gasteiger partial charge on any atom is 0.331 e. The average Bonchev–Trinajstić information content (AvgIpc) is 2.59. The third-order valence-electron chi connectivity index (χ3n) is 3.23. The van der Waals surface area contributed by atoms with Crippen LogP contribution in [-0.2, 0) is 9.63 Å². The van der Waals surface area contributed by atoms with Gasteiger partial charge in [0, 0.05) is 16.7 Å². The van der Waals surface area contributed by atoms with Crippen molar-refractivity contribution in [1.82, 2.24) is 0 Å². The molecule has 0 spiro atoms. The summed E-state index contributed by atoms with van der Waals surface area (Å²) in [6, 6.07) is 18.4. The minimum atomic E-state index is -0.408. The standard InChI is InChI=1S/C20H21NO2S/c1-3-4-6-11-20(21-23-16(2)22)17-12-14-19(15-13-17)24-18-9-7-5-8-10-18/h3-5,7-10,12-15H,6,11H2,1-2H3/b4-3+,21-20+. The average molecular weight is 339 g/mol. The van der Waals surface area contributed by atoms with Crippen molar-refractivity contribution in [3.8, 4) is 0 Å². The number of rotatable bonds is 7. The zero-order valence-electron chi connectivity index (χ0n) is 13.9. The lowest BCUT2D eigenvalue weighted by Gasteiger charge is -2.07. The molecule has 0 saturated heterocycles. The van der Waals surface area contributed by atoms with Crippen LogP contribution in [0.25, 0.3) is 0 Å². The lowest BCUT2D eigenvalue weighted by molar-refractivity contribution is -0.140. The van der Waals surface area contributed by atoms with E-state index in [1.807, 2.05) is 43.3 Å². The van der Waals surface area contributed by atoms with Gasteiger partial charge in [0.1, 0.15) is 0 Å². The fourth-order valence-corrected chi connectivity index (χ4v) is 2.93. The number of hydrogen-bond donors (Lipinski definition) is 0. The molecule has 0 aliphatic rings. The first kappa shape index (κ1) is 18.0. The highest BCUT2D eigenvalue weighted by Gasteiger charge is 2.06. The number of benzene rings is 2. The molecule has 124 valence electrons. The maximum absolute atomic E-state index is 11.0. The third-order valence-corrected chi connectivity index (χ3v) is 4.25. The summed E-state index contributed by atoms with van der Waals surface area (Å²) in [5.41, 5.74) is 1.75. The topological polar surface area (TPSA) is 38.7 Å². The third kappa shape index (κ3) is 6.05. The van der Waals surface area contributed by atoms with E-state index in [9.17, 15) is 4.79 Å². The Morgan fingerprint density at radius 3 is 2.38 bits per heavy atom. The molecule has 2 rings (SSSR count). The minimum absolute atomic E-state index is 0.408. The maximum atomic E-state index is 11.0. The van der Waals surface area contributed by atoms with Crippen LogP contribution in [-0.4, -0.2) is 11.7 Å². The number of carbonyl (C=O) groups is 1. The first-order valence-electron chi connectivity index (χ1n) is 7.88. The van der Waals surface area contributed by atoms with Gasteiger partial charge in [-0.05, 0) is 49.6 Å². The van der Waals surface area contributed by atoms with E-state index in [-0.39, 0.29) is 0 Å². The Hall–Kier alpha value is -2.33. The molecule has 0 aliphatic carbocycles. The highest BCUT2D eigenvalue weighted by Crippen LogP contribution is 2.27. The molecule has 0 heterocycles. The van der Waals surface area contributed by atoms with Gasteiger partial charge in [0.15, 0.2) is 0 Å². The van der Waals surface area contributed by atoms with Crippen LogP contribution in [0.5, 0.6) is 0 Å². The predicted molar refractivity (Wildman–Crippen MR) is 99.4 cm³/mol. The number of allylic oxidation sites excluding steroid dienone is 2. The van der Waals surface area contributed by atoms with E-state index >= 15 is 0 Å². The highest BCUT2D eigenvalue weighted by molar-refractivity contribution is 7.99. The highest BCUT2D eigenvalue weighted by atomic mass is 32.2.